The van der Waals surface area contributed by atoms with Crippen molar-refractivity contribution in [2.24, 2.45) is 0 Å². The minimum atomic E-state index is -4.32. The van der Waals surface area contributed by atoms with Crippen LogP contribution < -0.4 is 5.32 Å². The molecule has 0 saturated carbocycles. The zero-order chi connectivity index (χ0) is 49.2. The van der Waals surface area contributed by atoms with Crippen molar-refractivity contribution in [3.8, 4) is 0 Å². The molecule has 0 heterocycles. The summed E-state index contributed by atoms with van der Waals surface area (Å²) in [4.78, 5) is 23.3. The molecule has 0 aliphatic carbocycles. The Morgan fingerprint density at radius 1 is 0.507 bits per heavy atom. The maximum atomic E-state index is 13.0. The Labute approximate surface area is 417 Å². The molecular weight excluding hydrogens is 852 g/mol. The number of phosphoric ester groups is 1. The first-order valence-corrected chi connectivity index (χ1v) is 30.7. The number of carbonyl (C=O) groups excluding carboxylic acids is 1. The Balaban J connectivity index is 4.16. The lowest BCUT2D eigenvalue weighted by atomic mass is 10.0. The van der Waals surface area contributed by atoms with Crippen molar-refractivity contribution in [3.63, 3.8) is 0 Å². The van der Waals surface area contributed by atoms with Crippen molar-refractivity contribution in [1.82, 2.24) is 5.32 Å². The maximum absolute atomic E-state index is 13.0. The molecule has 0 aromatic heterocycles. The fourth-order valence-electron chi connectivity index (χ4n) is 8.84. The monoisotopic (exact) mass is 968 g/mol. The van der Waals surface area contributed by atoms with Crippen LogP contribution in [0, 0.1) is 0 Å². The number of quaternary nitrogens is 1. The summed E-state index contributed by atoms with van der Waals surface area (Å²) < 4.78 is 23.8. The lowest BCUT2D eigenvalue weighted by molar-refractivity contribution is -0.870. The molecule has 0 aromatic carbocycles. The van der Waals surface area contributed by atoms with E-state index in [0.717, 1.165) is 44.9 Å². The van der Waals surface area contributed by atoms with Crippen LogP contribution in [0.1, 0.15) is 290 Å². The number of phosphoric acid groups is 1. The van der Waals surface area contributed by atoms with Crippen molar-refractivity contribution in [2.75, 3.05) is 40.9 Å². The second kappa shape index (κ2) is 49.9. The fourth-order valence-corrected chi connectivity index (χ4v) is 9.58. The highest BCUT2D eigenvalue weighted by atomic mass is 31.2. The number of hydrogen-bond acceptors (Lipinski definition) is 5. The summed E-state index contributed by atoms with van der Waals surface area (Å²) in [6, 6.07) is -0.762. The summed E-state index contributed by atoms with van der Waals surface area (Å²) >= 11 is 0. The molecule has 8 nitrogen and oxygen atoms in total. The van der Waals surface area contributed by atoms with Crippen molar-refractivity contribution >= 4 is 13.7 Å². The predicted molar refractivity (Wildman–Crippen MR) is 291 cm³/mol. The van der Waals surface area contributed by atoms with Gasteiger partial charge in [-0.05, 0) is 44.9 Å². The molecule has 0 bridgehead atoms. The Bertz CT molecular complexity index is 1140. The molecule has 0 aliphatic heterocycles. The molecule has 67 heavy (non-hydrogen) atoms. The van der Waals surface area contributed by atoms with Crippen LogP contribution in [0.4, 0.5) is 0 Å². The molecule has 0 spiro atoms. The molecule has 0 saturated heterocycles. The highest BCUT2D eigenvalue weighted by molar-refractivity contribution is 7.47. The third-order valence-corrected chi connectivity index (χ3v) is 14.4. The van der Waals surface area contributed by atoms with Gasteiger partial charge in [0.05, 0.1) is 39.9 Å². The van der Waals surface area contributed by atoms with Crippen LogP contribution in [0.25, 0.3) is 0 Å². The Morgan fingerprint density at radius 2 is 0.851 bits per heavy atom. The average Bonchev–Trinajstić information content (AvgIpc) is 3.29. The summed E-state index contributed by atoms with van der Waals surface area (Å²) in [5, 5.41) is 14.1. The van der Waals surface area contributed by atoms with Crippen molar-refractivity contribution in [2.45, 2.75) is 302 Å². The van der Waals surface area contributed by atoms with Gasteiger partial charge in [-0.1, -0.05) is 263 Å². The van der Waals surface area contributed by atoms with Gasteiger partial charge in [-0.3, -0.25) is 13.8 Å². The van der Waals surface area contributed by atoms with E-state index in [2.05, 4.69) is 43.5 Å². The standard InChI is InChI=1S/C58H115N2O6P/c1-6-8-10-12-14-16-18-20-22-24-26-28-29-30-31-32-34-36-38-40-42-44-46-48-50-52-58(62)59-56(55-66-67(63,64)65-54-53-60(3,4)5)57(61)51-49-47-45-43-41-39-37-35-33-27-25-23-21-19-17-15-13-11-9-7-2/h26,28,30-31,56-57,61H,6-25,27,29,32-55H2,1-5H3,(H-,59,62,63,64)/p+1/b28-26-,31-30-. The molecule has 3 unspecified atom stereocenters. The maximum Gasteiger partial charge on any atom is 0.472 e. The summed E-state index contributed by atoms with van der Waals surface area (Å²) in [5.74, 6) is -0.144. The quantitative estimate of drug-likeness (QED) is 0.0243. The number of nitrogens with zero attached hydrogens (tertiary/aromatic N) is 1. The highest BCUT2D eigenvalue weighted by Gasteiger charge is 2.28. The summed E-state index contributed by atoms with van der Waals surface area (Å²) in [5.41, 5.74) is 0. The first-order chi connectivity index (χ1) is 32.5. The van der Waals surface area contributed by atoms with Gasteiger partial charge < -0.3 is 19.8 Å². The van der Waals surface area contributed by atoms with E-state index in [9.17, 15) is 19.4 Å². The molecule has 0 fully saturated rings. The number of nitrogens with one attached hydrogen (secondary N) is 1. The Morgan fingerprint density at radius 3 is 1.22 bits per heavy atom. The molecule has 0 rings (SSSR count). The first-order valence-electron chi connectivity index (χ1n) is 29.2. The molecule has 0 radical (unpaired) electrons. The largest absolute Gasteiger partial charge is 0.472 e. The molecule has 0 aliphatic rings. The minimum Gasteiger partial charge on any atom is -0.391 e. The number of aliphatic hydroxyl groups excluding tert-OH is 1. The van der Waals surface area contributed by atoms with Crippen LogP contribution >= 0.6 is 7.82 Å². The first kappa shape index (κ1) is 66.0. The summed E-state index contributed by atoms with van der Waals surface area (Å²) in [7, 11) is 1.62. The van der Waals surface area contributed by atoms with Crippen LogP contribution in [0.3, 0.4) is 0 Å². The van der Waals surface area contributed by atoms with Gasteiger partial charge in [0.25, 0.3) is 0 Å². The van der Waals surface area contributed by atoms with E-state index in [1.54, 1.807) is 0 Å². The van der Waals surface area contributed by atoms with Crippen LogP contribution in [0.2, 0.25) is 0 Å². The second-order valence-corrected chi connectivity index (χ2v) is 22.8. The number of likely N-dealkylation sites (N-methyl/N-ethyl adjacent to an activating group) is 1. The average molecular weight is 969 g/mol. The minimum absolute atomic E-state index is 0.0750. The lowest BCUT2D eigenvalue weighted by Gasteiger charge is -2.26. The normalized spacial score (nSPS) is 14.1. The van der Waals surface area contributed by atoms with E-state index in [1.807, 2.05) is 21.1 Å². The van der Waals surface area contributed by atoms with Crippen LogP contribution in [-0.4, -0.2) is 73.4 Å². The number of carbonyl (C=O) groups is 1. The second-order valence-electron chi connectivity index (χ2n) is 21.4. The number of unbranched alkanes of at least 4 members (excludes halogenated alkanes) is 37. The molecule has 9 heteroatoms. The topological polar surface area (TPSA) is 105 Å². The van der Waals surface area contributed by atoms with E-state index in [-0.39, 0.29) is 19.1 Å². The van der Waals surface area contributed by atoms with Gasteiger partial charge in [-0.25, -0.2) is 4.57 Å². The molecule has 3 N–H and O–H groups in total. The van der Waals surface area contributed by atoms with E-state index >= 15 is 0 Å². The Kier molecular flexibility index (Phi) is 49.2. The lowest BCUT2D eigenvalue weighted by Crippen LogP contribution is -2.46. The van der Waals surface area contributed by atoms with Gasteiger partial charge in [0.1, 0.15) is 13.2 Å². The number of allylic oxidation sites excluding steroid dienone is 4. The van der Waals surface area contributed by atoms with Gasteiger partial charge in [0.15, 0.2) is 0 Å². The van der Waals surface area contributed by atoms with Crippen LogP contribution in [0.15, 0.2) is 24.3 Å². The predicted octanol–water partition coefficient (Wildman–Crippen LogP) is 17.6. The number of hydrogen-bond donors (Lipinski definition) is 3. The third-order valence-electron chi connectivity index (χ3n) is 13.5. The summed E-state index contributed by atoms with van der Waals surface area (Å²) in [6.45, 7) is 4.92. The van der Waals surface area contributed by atoms with E-state index in [1.165, 1.54) is 218 Å². The van der Waals surface area contributed by atoms with Crippen LogP contribution in [-0.2, 0) is 18.4 Å². The van der Waals surface area contributed by atoms with Crippen molar-refractivity contribution in [1.29, 1.82) is 0 Å². The zero-order valence-electron chi connectivity index (χ0n) is 45.4. The SMILES string of the molecule is CCCCCCCCCCC/C=C\C/C=C\CCCCCCCCCCCC(=O)NC(COP(=O)(O)OCC[N+](C)(C)C)C(O)CCCCCCCCCCCCCCCCCCCCCC. The third kappa shape index (κ3) is 52.6. The van der Waals surface area contributed by atoms with E-state index in [4.69, 9.17) is 9.05 Å². The smallest absolute Gasteiger partial charge is 0.391 e. The fraction of sp³-hybridized carbons (Fsp3) is 0.914. The molecular formula is C58H116N2O6P+. The highest BCUT2D eigenvalue weighted by Crippen LogP contribution is 2.43. The Hall–Kier alpha value is -1.02. The molecule has 0 aromatic rings. The van der Waals surface area contributed by atoms with Gasteiger partial charge >= 0.3 is 7.82 Å². The molecule has 398 valence electrons. The van der Waals surface area contributed by atoms with Gasteiger partial charge in [0, 0.05) is 6.42 Å². The number of aliphatic hydroxyl groups is 1. The van der Waals surface area contributed by atoms with E-state index in [0.29, 0.717) is 23.9 Å². The zero-order valence-corrected chi connectivity index (χ0v) is 46.3. The van der Waals surface area contributed by atoms with Crippen LogP contribution in [0.5, 0.6) is 0 Å². The number of amides is 1. The van der Waals surface area contributed by atoms with Gasteiger partial charge in [0.2, 0.25) is 5.91 Å². The van der Waals surface area contributed by atoms with Gasteiger partial charge in [-0.2, -0.15) is 0 Å². The summed E-state index contributed by atoms with van der Waals surface area (Å²) in [6.07, 6.45) is 62.3. The van der Waals surface area contributed by atoms with E-state index < -0.39 is 20.0 Å². The molecule has 3 atom stereocenters. The van der Waals surface area contributed by atoms with Gasteiger partial charge in [-0.15, -0.1) is 0 Å². The number of rotatable bonds is 54. The van der Waals surface area contributed by atoms with Crippen molar-refractivity contribution < 1.29 is 32.9 Å². The molecule has 1 amide bonds. The van der Waals surface area contributed by atoms with Crippen molar-refractivity contribution in [3.05, 3.63) is 24.3 Å².